The van der Waals surface area contributed by atoms with E-state index < -0.39 is 0 Å². The fourth-order valence-electron chi connectivity index (χ4n) is 2.27. The van der Waals surface area contributed by atoms with Crippen molar-refractivity contribution in [2.45, 2.75) is 4.90 Å². The van der Waals surface area contributed by atoms with Gasteiger partial charge in [0.15, 0.2) is 0 Å². The molecule has 6 heteroatoms. The fraction of sp³-hybridized carbons (Fsp3) is 0.200. The number of aromatic nitrogens is 3. The highest BCUT2D eigenvalue weighted by Gasteiger charge is 2.17. The van der Waals surface area contributed by atoms with Crippen LogP contribution in [0.2, 0.25) is 0 Å². The van der Waals surface area contributed by atoms with Gasteiger partial charge in [-0.15, -0.1) is 11.8 Å². The van der Waals surface area contributed by atoms with Crippen LogP contribution >= 0.6 is 11.8 Å². The lowest BCUT2D eigenvalue weighted by atomic mass is 10.2. The molecule has 5 nitrogen and oxygen atoms in total. The number of ether oxygens (including phenoxy) is 2. The number of nitrogens with zero attached hydrogens (tertiary/aromatic N) is 2. The second kappa shape index (κ2) is 5.65. The Hall–Kier alpha value is -2.21. The molecule has 2 heterocycles. The summed E-state index contributed by atoms with van der Waals surface area (Å²) in [5, 5.41) is 0. The van der Waals surface area contributed by atoms with Gasteiger partial charge in [0.25, 0.3) is 0 Å². The second-order valence-electron chi connectivity index (χ2n) is 4.36. The third kappa shape index (κ3) is 2.31. The van der Waals surface area contributed by atoms with Crippen molar-refractivity contribution in [3.63, 3.8) is 0 Å². The van der Waals surface area contributed by atoms with E-state index in [9.17, 15) is 0 Å². The predicted molar refractivity (Wildman–Crippen MR) is 84.2 cm³/mol. The second-order valence-corrected chi connectivity index (χ2v) is 5.18. The standard InChI is InChI=1S/C15H15N3O2S/c1-19-12-5-4-9(13(20-2)14(12)21-3)15-17-10-6-7-16-8-11(10)18-15/h4-8H,1-3H3,(H,17,18). The summed E-state index contributed by atoms with van der Waals surface area (Å²) >= 11 is 1.58. The molecule has 0 saturated heterocycles. The number of hydrogen-bond donors (Lipinski definition) is 1. The van der Waals surface area contributed by atoms with Crippen molar-refractivity contribution in [1.82, 2.24) is 15.0 Å². The molecule has 0 bridgehead atoms. The summed E-state index contributed by atoms with van der Waals surface area (Å²) in [6.45, 7) is 0. The van der Waals surface area contributed by atoms with Crippen LogP contribution in [0.1, 0.15) is 0 Å². The van der Waals surface area contributed by atoms with Crippen molar-refractivity contribution < 1.29 is 9.47 Å². The molecule has 0 spiro atoms. The normalized spacial score (nSPS) is 10.8. The van der Waals surface area contributed by atoms with E-state index in [4.69, 9.17) is 9.47 Å². The van der Waals surface area contributed by atoms with E-state index in [0.29, 0.717) is 0 Å². The minimum absolute atomic E-state index is 0.757. The molecule has 3 rings (SSSR count). The van der Waals surface area contributed by atoms with Gasteiger partial charge in [-0.25, -0.2) is 4.98 Å². The molecule has 0 saturated carbocycles. The molecular weight excluding hydrogens is 286 g/mol. The monoisotopic (exact) mass is 301 g/mol. The summed E-state index contributed by atoms with van der Waals surface area (Å²) in [6, 6.07) is 5.75. The van der Waals surface area contributed by atoms with E-state index in [1.807, 2.05) is 24.5 Å². The average Bonchev–Trinajstić information content (AvgIpc) is 2.96. The van der Waals surface area contributed by atoms with Gasteiger partial charge in [-0.1, -0.05) is 0 Å². The highest BCUT2D eigenvalue weighted by Crippen LogP contribution is 2.42. The summed E-state index contributed by atoms with van der Waals surface area (Å²) < 4.78 is 11.0. The Morgan fingerprint density at radius 3 is 2.67 bits per heavy atom. The number of aromatic amines is 1. The minimum atomic E-state index is 0.757. The van der Waals surface area contributed by atoms with Gasteiger partial charge >= 0.3 is 0 Å². The third-order valence-electron chi connectivity index (χ3n) is 3.24. The number of hydrogen-bond acceptors (Lipinski definition) is 5. The molecule has 21 heavy (non-hydrogen) atoms. The van der Waals surface area contributed by atoms with Gasteiger partial charge in [0.1, 0.15) is 17.3 Å². The van der Waals surface area contributed by atoms with Crippen LogP contribution in [0.4, 0.5) is 0 Å². The average molecular weight is 301 g/mol. The van der Waals surface area contributed by atoms with Gasteiger partial charge in [0.05, 0.1) is 41.9 Å². The van der Waals surface area contributed by atoms with Gasteiger partial charge in [-0.2, -0.15) is 0 Å². The highest BCUT2D eigenvalue weighted by molar-refractivity contribution is 7.98. The fourth-order valence-corrected chi connectivity index (χ4v) is 3.00. The van der Waals surface area contributed by atoms with Gasteiger partial charge in [-0.3, -0.25) is 4.98 Å². The Labute approximate surface area is 126 Å². The lowest BCUT2D eigenvalue weighted by molar-refractivity contribution is 0.377. The number of nitrogens with one attached hydrogen (secondary N) is 1. The molecule has 3 aromatic rings. The van der Waals surface area contributed by atoms with Gasteiger partial charge in [0, 0.05) is 6.20 Å². The van der Waals surface area contributed by atoms with E-state index in [1.165, 1.54) is 0 Å². The van der Waals surface area contributed by atoms with Crippen LogP contribution in [0.25, 0.3) is 22.4 Å². The van der Waals surface area contributed by atoms with E-state index >= 15 is 0 Å². The Balaban J connectivity index is 2.21. The Morgan fingerprint density at radius 2 is 2.00 bits per heavy atom. The van der Waals surface area contributed by atoms with Crippen LogP contribution in [0.3, 0.4) is 0 Å². The number of pyridine rings is 1. The molecule has 0 fully saturated rings. The number of methoxy groups -OCH3 is 2. The maximum atomic E-state index is 5.58. The number of H-pyrrole nitrogens is 1. The van der Waals surface area contributed by atoms with Crippen molar-refractivity contribution in [3.05, 3.63) is 30.6 Å². The third-order valence-corrected chi connectivity index (χ3v) is 4.04. The van der Waals surface area contributed by atoms with Crippen molar-refractivity contribution in [1.29, 1.82) is 0 Å². The van der Waals surface area contributed by atoms with Gasteiger partial charge in [-0.05, 0) is 24.5 Å². The van der Waals surface area contributed by atoms with Crippen LogP contribution in [0.5, 0.6) is 11.5 Å². The molecule has 0 aliphatic carbocycles. The number of imidazole rings is 1. The number of thioether (sulfide) groups is 1. The molecule has 0 aliphatic rings. The molecule has 0 unspecified atom stereocenters. The van der Waals surface area contributed by atoms with Crippen LogP contribution in [0, 0.1) is 0 Å². The minimum Gasteiger partial charge on any atom is -0.495 e. The zero-order valence-electron chi connectivity index (χ0n) is 12.0. The van der Waals surface area contributed by atoms with Gasteiger partial charge < -0.3 is 14.5 Å². The summed E-state index contributed by atoms with van der Waals surface area (Å²) in [7, 11) is 3.31. The molecule has 2 aromatic heterocycles. The van der Waals surface area contributed by atoms with E-state index in [1.54, 1.807) is 38.4 Å². The molecule has 1 N–H and O–H groups in total. The van der Waals surface area contributed by atoms with E-state index in [0.717, 1.165) is 38.8 Å². The summed E-state index contributed by atoms with van der Waals surface area (Å²) in [5.41, 5.74) is 2.68. The first-order valence-corrected chi connectivity index (χ1v) is 7.60. The summed E-state index contributed by atoms with van der Waals surface area (Å²) in [6.07, 6.45) is 5.48. The van der Waals surface area contributed by atoms with E-state index in [-0.39, 0.29) is 0 Å². The van der Waals surface area contributed by atoms with Crippen LogP contribution < -0.4 is 9.47 Å². The first kappa shape index (κ1) is 13.8. The summed E-state index contributed by atoms with van der Waals surface area (Å²) in [5.74, 6) is 2.31. The number of rotatable bonds is 4. The lowest BCUT2D eigenvalue weighted by Gasteiger charge is -2.14. The largest absolute Gasteiger partial charge is 0.495 e. The molecule has 0 aliphatic heterocycles. The molecule has 1 aromatic carbocycles. The Bertz CT molecular complexity index is 753. The van der Waals surface area contributed by atoms with Crippen LogP contribution in [0.15, 0.2) is 35.5 Å². The molecule has 0 radical (unpaired) electrons. The smallest absolute Gasteiger partial charge is 0.147 e. The molecular formula is C15H15N3O2S. The Morgan fingerprint density at radius 1 is 1.14 bits per heavy atom. The first-order valence-electron chi connectivity index (χ1n) is 6.37. The number of fused-ring (bicyclic) bond motifs is 1. The maximum Gasteiger partial charge on any atom is 0.147 e. The Kier molecular flexibility index (Phi) is 3.70. The SMILES string of the molecule is COc1ccc(-c2nc3ccncc3[nH]2)c(OC)c1SC. The van der Waals surface area contributed by atoms with Crippen molar-refractivity contribution in [2.24, 2.45) is 0 Å². The first-order chi connectivity index (χ1) is 10.3. The topological polar surface area (TPSA) is 60.0 Å². The van der Waals surface area contributed by atoms with Crippen molar-refractivity contribution in [3.8, 4) is 22.9 Å². The van der Waals surface area contributed by atoms with Crippen molar-refractivity contribution in [2.75, 3.05) is 20.5 Å². The van der Waals surface area contributed by atoms with E-state index in [2.05, 4.69) is 15.0 Å². The number of benzene rings is 1. The molecule has 0 atom stereocenters. The zero-order valence-corrected chi connectivity index (χ0v) is 12.8. The summed E-state index contributed by atoms with van der Waals surface area (Å²) in [4.78, 5) is 12.9. The van der Waals surface area contributed by atoms with Gasteiger partial charge in [0.2, 0.25) is 0 Å². The maximum absolute atomic E-state index is 5.58. The molecule has 108 valence electrons. The van der Waals surface area contributed by atoms with Crippen LogP contribution in [-0.4, -0.2) is 35.4 Å². The lowest BCUT2D eigenvalue weighted by Crippen LogP contribution is -1.95. The van der Waals surface area contributed by atoms with Crippen molar-refractivity contribution >= 4 is 22.8 Å². The zero-order chi connectivity index (χ0) is 14.8. The van der Waals surface area contributed by atoms with Crippen LogP contribution in [-0.2, 0) is 0 Å². The quantitative estimate of drug-likeness (QED) is 0.749. The predicted octanol–water partition coefficient (Wildman–Crippen LogP) is 3.36. The highest BCUT2D eigenvalue weighted by atomic mass is 32.2. The molecule has 0 amide bonds.